The minimum absolute atomic E-state index is 0.0924. The summed E-state index contributed by atoms with van der Waals surface area (Å²) < 4.78 is 20.7. The molecule has 0 saturated heterocycles. The number of hydrazine groups is 1. The van der Waals surface area contributed by atoms with Gasteiger partial charge in [0, 0.05) is 25.4 Å². The first kappa shape index (κ1) is 19.0. The molecule has 3 heterocycles. The van der Waals surface area contributed by atoms with Crippen LogP contribution in [0.25, 0.3) is 0 Å². The van der Waals surface area contributed by atoms with Crippen molar-refractivity contribution in [1.29, 1.82) is 0 Å². The van der Waals surface area contributed by atoms with Gasteiger partial charge in [-0.3, -0.25) is 20.6 Å². The van der Waals surface area contributed by atoms with E-state index >= 15 is 0 Å². The number of pyridine rings is 1. The molecule has 0 aliphatic rings. The number of nitrogens with zero attached hydrogens (tertiary/aromatic N) is 4. The molecule has 1 amide bonds. The smallest absolute Gasteiger partial charge is 0.291 e. The number of aromatic nitrogens is 4. The van der Waals surface area contributed by atoms with E-state index in [1.165, 1.54) is 26.4 Å². The summed E-state index contributed by atoms with van der Waals surface area (Å²) >= 11 is 0. The second kappa shape index (κ2) is 9.28. The zero-order chi connectivity index (χ0) is 19.8. The summed E-state index contributed by atoms with van der Waals surface area (Å²) in [6.07, 6.45) is 1.67. The van der Waals surface area contributed by atoms with Crippen LogP contribution in [-0.2, 0) is 18.0 Å². The number of hydrogen-bond donors (Lipinski definition) is 2. The number of anilines is 1. The van der Waals surface area contributed by atoms with Crippen molar-refractivity contribution in [2.24, 2.45) is 0 Å². The molecular weight excluding hydrogens is 368 g/mol. The van der Waals surface area contributed by atoms with Crippen LogP contribution in [0.2, 0.25) is 0 Å². The highest BCUT2D eigenvalue weighted by Gasteiger charge is 2.14. The molecule has 0 saturated carbocycles. The van der Waals surface area contributed by atoms with E-state index in [0.717, 1.165) is 5.69 Å². The Morgan fingerprint density at radius 3 is 2.82 bits per heavy atom. The zero-order valence-corrected chi connectivity index (χ0v) is 15.2. The van der Waals surface area contributed by atoms with Gasteiger partial charge in [0.25, 0.3) is 11.8 Å². The van der Waals surface area contributed by atoms with Crippen LogP contribution < -0.4 is 20.3 Å². The van der Waals surface area contributed by atoms with E-state index in [4.69, 9.17) is 18.7 Å². The fourth-order valence-electron chi connectivity index (χ4n) is 2.11. The molecule has 3 aromatic rings. The minimum Gasteiger partial charge on any atom is -0.491 e. The molecule has 0 bridgehead atoms. The molecule has 11 heteroatoms. The number of methoxy groups -OCH3 is 2. The lowest BCUT2D eigenvalue weighted by Crippen LogP contribution is -2.30. The molecule has 0 radical (unpaired) electrons. The second-order valence-corrected chi connectivity index (χ2v) is 5.40. The first-order valence-corrected chi connectivity index (χ1v) is 8.15. The molecule has 0 fully saturated rings. The summed E-state index contributed by atoms with van der Waals surface area (Å²) in [4.78, 5) is 16.2. The van der Waals surface area contributed by atoms with Crippen molar-refractivity contribution in [1.82, 2.24) is 25.8 Å². The lowest BCUT2D eigenvalue weighted by molar-refractivity contribution is 0.0952. The van der Waals surface area contributed by atoms with Crippen LogP contribution in [0.3, 0.4) is 0 Å². The van der Waals surface area contributed by atoms with Gasteiger partial charge in [-0.1, -0.05) is 11.2 Å². The van der Waals surface area contributed by atoms with E-state index in [9.17, 15) is 4.79 Å². The summed E-state index contributed by atoms with van der Waals surface area (Å²) in [5, 5.41) is 11.5. The van der Waals surface area contributed by atoms with Crippen LogP contribution >= 0.6 is 0 Å². The van der Waals surface area contributed by atoms with Gasteiger partial charge in [0.15, 0.2) is 23.0 Å². The Labute approximate surface area is 160 Å². The van der Waals surface area contributed by atoms with Crippen LogP contribution in [0.4, 0.5) is 5.82 Å². The van der Waals surface area contributed by atoms with Gasteiger partial charge in [0.1, 0.15) is 13.2 Å². The van der Waals surface area contributed by atoms with Crippen LogP contribution in [0.5, 0.6) is 11.6 Å². The number of carbonyl (C=O) groups excluding carboxylic acids is 1. The monoisotopic (exact) mass is 386 g/mol. The third kappa shape index (κ3) is 4.92. The summed E-state index contributed by atoms with van der Waals surface area (Å²) in [5.41, 5.74) is 5.89. The van der Waals surface area contributed by atoms with Gasteiger partial charge in [0.05, 0.1) is 12.8 Å². The lowest BCUT2D eigenvalue weighted by Gasteiger charge is -2.11. The normalized spacial score (nSPS) is 10.4. The van der Waals surface area contributed by atoms with Crippen molar-refractivity contribution in [3.63, 3.8) is 0 Å². The summed E-state index contributed by atoms with van der Waals surface area (Å²) in [6, 6.07) is 8.50. The van der Waals surface area contributed by atoms with Gasteiger partial charge in [0.2, 0.25) is 0 Å². The Bertz CT molecular complexity index is 917. The maximum atomic E-state index is 12.1. The number of carbonyl (C=O) groups is 1. The number of ether oxygens (including phenoxy) is 3. The van der Waals surface area contributed by atoms with E-state index in [-0.39, 0.29) is 30.6 Å². The maximum absolute atomic E-state index is 12.1. The molecular formula is C17H18N6O5. The molecule has 0 spiro atoms. The summed E-state index contributed by atoms with van der Waals surface area (Å²) in [5.74, 6) is 0.707. The van der Waals surface area contributed by atoms with E-state index < -0.39 is 5.91 Å². The van der Waals surface area contributed by atoms with Gasteiger partial charge in [-0.15, -0.1) is 10.2 Å². The maximum Gasteiger partial charge on any atom is 0.291 e. The van der Waals surface area contributed by atoms with Crippen molar-refractivity contribution in [3.05, 3.63) is 53.7 Å². The fraction of sp³-hybridized carbons (Fsp3) is 0.235. The molecule has 0 atom stereocenters. The molecule has 28 heavy (non-hydrogen) atoms. The number of nitrogens with one attached hydrogen (secondary N) is 2. The number of amides is 1. The Balaban J connectivity index is 1.59. The van der Waals surface area contributed by atoms with Crippen LogP contribution in [0, 0.1) is 0 Å². The summed E-state index contributed by atoms with van der Waals surface area (Å²) in [7, 11) is 2.99. The summed E-state index contributed by atoms with van der Waals surface area (Å²) in [6.45, 7) is 0.432. The third-order valence-corrected chi connectivity index (χ3v) is 3.41. The van der Waals surface area contributed by atoms with Crippen LogP contribution in [0.15, 0.2) is 41.1 Å². The number of rotatable bonds is 9. The lowest BCUT2D eigenvalue weighted by atomic mass is 10.3. The first-order valence-electron chi connectivity index (χ1n) is 8.15. The van der Waals surface area contributed by atoms with E-state index in [2.05, 4.69) is 31.2 Å². The SMILES string of the molecule is COCc1cc(C(=O)NNc2cc(OC)c(OCc3ccccn3)nn2)no1. The molecule has 0 unspecified atom stereocenters. The average molecular weight is 386 g/mol. The fourth-order valence-corrected chi connectivity index (χ4v) is 2.11. The van der Waals surface area contributed by atoms with Gasteiger partial charge < -0.3 is 18.7 Å². The number of hydrogen-bond acceptors (Lipinski definition) is 10. The van der Waals surface area contributed by atoms with E-state index in [1.54, 1.807) is 6.20 Å². The Morgan fingerprint density at radius 1 is 1.18 bits per heavy atom. The highest BCUT2D eigenvalue weighted by molar-refractivity contribution is 5.92. The Morgan fingerprint density at radius 2 is 2.07 bits per heavy atom. The quantitative estimate of drug-likeness (QED) is 0.519. The van der Waals surface area contributed by atoms with Crippen molar-refractivity contribution in [2.75, 3.05) is 19.6 Å². The molecule has 0 aromatic carbocycles. The molecule has 0 aliphatic heterocycles. The standard InChI is InChI=1S/C17H18N6O5/c1-25-10-12-7-13(23-28-12)16(24)21-19-15-8-14(26-2)17(22-20-15)27-9-11-5-3-4-6-18-11/h3-8H,9-10H2,1-2H3,(H,19,20)(H,21,24). The van der Waals surface area contributed by atoms with Gasteiger partial charge in [-0.25, -0.2) is 0 Å². The Hall–Kier alpha value is -3.73. The predicted molar refractivity (Wildman–Crippen MR) is 95.5 cm³/mol. The van der Waals surface area contributed by atoms with Crippen LogP contribution in [-0.4, -0.2) is 40.5 Å². The highest BCUT2D eigenvalue weighted by atomic mass is 16.5. The van der Waals surface area contributed by atoms with Crippen molar-refractivity contribution >= 4 is 11.7 Å². The molecule has 146 valence electrons. The van der Waals surface area contributed by atoms with Gasteiger partial charge in [-0.2, -0.15) is 0 Å². The topological polar surface area (TPSA) is 134 Å². The van der Waals surface area contributed by atoms with Crippen molar-refractivity contribution in [2.45, 2.75) is 13.2 Å². The predicted octanol–water partition coefficient (Wildman–Crippen LogP) is 1.35. The Kier molecular flexibility index (Phi) is 6.31. The first-order chi connectivity index (χ1) is 13.7. The molecule has 3 rings (SSSR count). The zero-order valence-electron chi connectivity index (χ0n) is 15.2. The van der Waals surface area contributed by atoms with Crippen molar-refractivity contribution < 1.29 is 23.5 Å². The van der Waals surface area contributed by atoms with Crippen molar-refractivity contribution in [3.8, 4) is 11.6 Å². The van der Waals surface area contributed by atoms with Gasteiger partial charge in [-0.05, 0) is 12.1 Å². The van der Waals surface area contributed by atoms with Crippen LogP contribution in [0.1, 0.15) is 21.9 Å². The third-order valence-electron chi connectivity index (χ3n) is 3.41. The highest BCUT2D eigenvalue weighted by Crippen LogP contribution is 2.26. The largest absolute Gasteiger partial charge is 0.491 e. The molecule has 11 nitrogen and oxygen atoms in total. The van der Waals surface area contributed by atoms with E-state index in [1.807, 2.05) is 18.2 Å². The second-order valence-electron chi connectivity index (χ2n) is 5.40. The van der Waals surface area contributed by atoms with E-state index in [0.29, 0.717) is 11.5 Å². The molecule has 0 aliphatic carbocycles. The van der Waals surface area contributed by atoms with Gasteiger partial charge >= 0.3 is 0 Å². The average Bonchev–Trinajstić information content (AvgIpc) is 3.20. The molecule has 2 N–H and O–H groups in total. The molecule has 3 aromatic heterocycles. The minimum atomic E-state index is -0.512.